The Morgan fingerprint density at radius 3 is 2.70 bits per heavy atom. The van der Waals surface area contributed by atoms with Crippen LogP contribution < -0.4 is 4.31 Å². The number of pyridine rings is 1. The van der Waals surface area contributed by atoms with Crippen LogP contribution in [0, 0.1) is 0 Å². The molecular weight excluding hydrogens is 308 g/mol. The number of halogens is 1. The minimum atomic E-state index is -3.15. The zero-order chi connectivity index (χ0) is 14.5. The summed E-state index contributed by atoms with van der Waals surface area (Å²) in [6.45, 7) is 0. The van der Waals surface area contributed by atoms with Gasteiger partial charge in [-0.25, -0.2) is 22.5 Å². The van der Waals surface area contributed by atoms with Crippen molar-refractivity contribution in [2.24, 2.45) is 0 Å². The molecule has 2 aromatic rings. The number of nitrogens with zero attached hydrogens (tertiary/aromatic N) is 2. The maximum Gasteiger partial charge on any atom is 0.330 e. The SMILES string of the molecule is O=C(O)C1(N(c2cc3c(Cl)nccc3o2)[SH](=O)=O)CC1. The first kappa shape index (κ1) is 13.2. The molecule has 1 aliphatic rings. The quantitative estimate of drug-likeness (QED) is 0.653. The summed E-state index contributed by atoms with van der Waals surface area (Å²) in [5, 5.41) is 9.83. The number of carbonyl (C=O) groups is 1. The third kappa shape index (κ3) is 1.83. The maximum atomic E-state index is 11.4. The highest BCUT2D eigenvalue weighted by molar-refractivity contribution is 7.74. The monoisotopic (exact) mass is 316 g/mol. The molecule has 9 heteroatoms. The summed E-state index contributed by atoms with van der Waals surface area (Å²) < 4.78 is 29.1. The van der Waals surface area contributed by atoms with Crippen LogP contribution in [0.2, 0.25) is 5.15 Å². The largest absolute Gasteiger partial charge is 0.479 e. The van der Waals surface area contributed by atoms with Crippen molar-refractivity contribution in [2.45, 2.75) is 18.4 Å². The molecule has 106 valence electrons. The van der Waals surface area contributed by atoms with Crippen molar-refractivity contribution in [3.05, 3.63) is 23.5 Å². The van der Waals surface area contributed by atoms with Crippen molar-refractivity contribution in [2.75, 3.05) is 4.31 Å². The Hall–Kier alpha value is -1.80. The van der Waals surface area contributed by atoms with Gasteiger partial charge in [0.25, 0.3) is 0 Å². The fraction of sp³-hybridized carbons (Fsp3) is 0.273. The molecule has 1 saturated carbocycles. The minimum Gasteiger partial charge on any atom is -0.479 e. The van der Waals surface area contributed by atoms with Crippen molar-refractivity contribution in [3.63, 3.8) is 0 Å². The molecule has 1 aliphatic carbocycles. The Labute approximate surface area is 119 Å². The first-order valence-electron chi connectivity index (χ1n) is 5.68. The van der Waals surface area contributed by atoms with Gasteiger partial charge in [-0.2, -0.15) is 0 Å². The lowest BCUT2D eigenvalue weighted by atomic mass is 10.3. The Morgan fingerprint density at radius 2 is 2.20 bits per heavy atom. The fourth-order valence-corrected chi connectivity index (χ4v) is 3.17. The standard InChI is InChI=1S/C11H9ClN2O5S/c12-9-6-5-8(19-7(6)1-4-13-9)14(20(17)18)11(2-3-11)10(15)16/h1,4-5,20H,2-3H2,(H,15,16). The first-order valence-corrected chi connectivity index (χ1v) is 7.18. The normalized spacial score (nSPS) is 16.5. The van der Waals surface area contributed by atoms with Crippen LogP contribution in [0.5, 0.6) is 0 Å². The van der Waals surface area contributed by atoms with Gasteiger partial charge in [0.2, 0.25) is 16.8 Å². The lowest BCUT2D eigenvalue weighted by molar-refractivity contribution is -0.139. The number of anilines is 1. The molecule has 1 fully saturated rings. The summed E-state index contributed by atoms with van der Waals surface area (Å²) in [5.41, 5.74) is -1.09. The van der Waals surface area contributed by atoms with Crippen molar-refractivity contribution < 1.29 is 22.7 Å². The van der Waals surface area contributed by atoms with Gasteiger partial charge in [-0.05, 0) is 18.9 Å². The van der Waals surface area contributed by atoms with Gasteiger partial charge >= 0.3 is 5.97 Å². The van der Waals surface area contributed by atoms with Gasteiger partial charge in [-0.3, -0.25) is 0 Å². The van der Waals surface area contributed by atoms with Crippen LogP contribution in [0.3, 0.4) is 0 Å². The van der Waals surface area contributed by atoms with Crippen molar-refractivity contribution >= 4 is 45.3 Å². The molecule has 0 atom stereocenters. The predicted octanol–water partition coefficient (Wildman–Crippen LogP) is 1.43. The number of furan rings is 1. The molecule has 3 rings (SSSR count). The molecular formula is C11H9ClN2O5S. The van der Waals surface area contributed by atoms with Crippen molar-refractivity contribution in [3.8, 4) is 0 Å². The van der Waals surface area contributed by atoms with Crippen LogP contribution in [-0.4, -0.2) is 30.0 Å². The van der Waals surface area contributed by atoms with Crippen LogP contribution >= 0.6 is 11.6 Å². The maximum absolute atomic E-state index is 11.4. The van der Waals surface area contributed by atoms with Crippen LogP contribution in [0.4, 0.5) is 5.88 Å². The summed E-state index contributed by atoms with van der Waals surface area (Å²) in [7, 11) is -3.15. The van der Waals surface area contributed by atoms with Gasteiger partial charge in [0.1, 0.15) is 10.7 Å². The zero-order valence-electron chi connectivity index (χ0n) is 9.95. The molecule has 0 radical (unpaired) electrons. The van der Waals surface area contributed by atoms with Gasteiger partial charge in [0, 0.05) is 12.3 Å². The molecule has 20 heavy (non-hydrogen) atoms. The smallest absolute Gasteiger partial charge is 0.330 e. The number of aromatic nitrogens is 1. The number of aliphatic carboxylic acids is 1. The van der Waals surface area contributed by atoms with E-state index in [1.54, 1.807) is 0 Å². The molecule has 0 saturated heterocycles. The summed E-state index contributed by atoms with van der Waals surface area (Å²) in [6, 6.07) is 2.92. The molecule has 1 N–H and O–H groups in total. The number of carboxylic acid groups (broad SMARTS) is 1. The molecule has 0 aliphatic heterocycles. The van der Waals surface area contributed by atoms with E-state index in [9.17, 15) is 18.3 Å². The van der Waals surface area contributed by atoms with Gasteiger partial charge in [0.15, 0.2) is 5.54 Å². The van der Waals surface area contributed by atoms with E-state index < -0.39 is 22.4 Å². The molecule has 0 unspecified atom stereocenters. The Morgan fingerprint density at radius 1 is 1.50 bits per heavy atom. The number of thiol groups is 1. The number of carboxylic acids is 1. The van der Waals surface area contributed by atoms with Gasteiger partial charge in [0.05, 0.1) is 5.39 Å². The highest BCUT2D eigenvalue weighted by Crippen LogP contribution is 2.46. The molecule has 2 aromatic heterocycles. The molecule has 0 amide bonds. The van der Waals surface area contributed by atoms with E-state index >= 15 is 0 Å². The van der Waals surface area contributed by atoms with E-state index in [0.717, 1.165) is 4.31 Å². The van der Waals surface area contributed by atoms with Crippen LogP contribution in [0.15, 0.2) is 22.7 Å². The van der Waals surface area contributed by atoms with Gasteiger partial charge in [-0.15, -0.1) is 0 Å². The number of fused-ring (bicyclic) bond motifs is 1. The Kier molecular flexibility index (Phi) is 2.87. The van der Waals surface area contributed by atoms with E-state index in [2.05, 4.69) is 4.98 Å². The van der Waals surface area contributed by atoms with E-state index in [1.165, 1.54) is 18.3 Å². The van der Waals surface area contributed by atoms with Crippen molar-refractivity contribution in [1.29, 1.82) is 0 Å². The first-order chi connectivity index (χ1) is 9.45. The summed E-state index contributed by atoms with van der Waals surface area (Å²) >= 11 is 5.89. The predicted molar refractivity (Wildman–Crippen MR) is 71.4 cm³/mol. The lowest BCUT2D eigenvalue weighted by Crippen LogP contribution is -2.42. The second-order valence-corrected chi connectivity index (χ2v) is 5.72. The zero-order valence-corrected chi connectivity index (χ0v) is 11.6. The molecule has 0 spiro atoms. The third-order valence-corrected chi connectivity index (χ3v) is 4.49. The topological polar surface area (TPSA) is 101 Å². The molecule has 7 nitrogen and oxygen atoms in total. The summed E-state index contributed by atoms with van der Waals surface area (Å²) in [5.74, 6) is -1.26. The highest BCUT2D eigenvalue weighted by Gasteiger charge is 2.58. The highest BCUT2D eigenvalue weighted by atomic mass is 35.5. The van der Waals surface area contributed by atoms with E-state index in [0.29, 0.717) is 11.0 Å². The minimum absolute atomic E-state index is 0.0640. The fourth-order valence-electron chi connectivity index (χ4n) is 2.10. The van der Waals surface area contributed by atoms with Crippen LogP contribution in [0.25, 0.3) is 11.0 Å². The lowest BCUT2D eigenvalue weighted by Gasteiger charge is -2.21. The summed E-state index contributed by atoms with van der Waals surface area (Å²) in [4.78, 5) is 15.2. The molecule has 2 heterocycles. The average Bonchev–Trinajstić information content (AvgIpc) is 3.03. The molecule has 0 aromatic carbocycles. The van der Waals surface area contributed by atoms with E-state index in [4.69, 9.17) is 16.0 Å². The second kappa shape index (κ2) is 4.35. The molecule has 0 bridgehead atoms. The van der Waals surface area contributed by atoms with E-state index in [1.807, 2.05) is 0 Å². The van der Waals surface area contributed by atoms with Gasteiger partial charge < -0.3 is 9.52 Å². The Bertz CT molecular complexity index is 772. The van der Waals surface area contributed by atoms with Crippen LogP contribution in [0.1, 0.15) is 12.8 Å². The third-order valence-electron chi connectivity index (χ3n) is 3.28. The number of hydrogen-bond donors (Lipinski definition) is 2. The van der Waals surface area contributed by atoms with Crippen molar-refractivity contribution in [1.82, 2.24) is 4.98 Å². The number of hydrogen-bond acceptors (Lipinski definition) is 5. The number of rotatable bonds is 4. The van der Waals surface area contributed by atoms with Gasteiger partial charge in [-0.1, -0.05) is 11.6 Å². The summed E-state index contributed by atoms with van der Waals surface area (Å²) in [6.07, 6.45) is 1.91. The second-order valence-electron chi connectivity index (χ2n) is 4.48. The van der Waals surface area contributed by atoms with Crippen LogP contribution in [-0.2, 0) is 15.7 Å². The average molecular weight is 317 g/mol. The Balaban J connectivity index is 2.16. The van der Waals surface area contributed by atoms with E-state index in [-0.39, 0.29) is 23.9 Å².